The second-order valence-corrected chi connectivity index (χ2v) is 11.0. The van der Waals surface area contributed by atoms with Crippen molar-refractivity contribution in [1.82, 2.24) is 4.90 Å². The Morgan fingerprint density at radius 2 is 1.67 bits per heavy atom. The van der Waals surface area contributed by atoms with Gasteiger partial charge in [-0.1, -0.05) is 36.4 Å². The van der Waals surface area contributed by atoms with Crippen LogP contribution in [-0.2, 0) is 6.42 Å². The van der Waals surface area contributed by atoms with E-state index in [2.05, 4.69) is 47.1 Å². The van der Waals surface area contributed by atoms with Gasteiger partial charge in [0.2, 0.25) is 0 Å². The summed E-state index contributed by atoms with van der Waals surface area (Å²) in [5.41, 5.74) is 7.13. The molecular formula is C33H38N4O2. The fraction of sp³-hybridized carbons (Fsp3) is 0.394. The largest absolute Gasteiger partial charge is 0.394 e. The highest BCUT2D eigenvalue weighted by molar-refractivity contribution is 5.96. The molecule has 1 unspecified atom stereocenters. The number of hydrogen-bond acceptors (Lipinski definition) is 5. The molecule has 2 saturated heterocycles. The molecule has 0 aromatic heterocycles. The summed E-state index contributed by atoms with van der Waals surface area (Å²) < 4.78 is 0. The van der Waals surface area contributed by atoms with Crippen LogP contribution in [0.2, 0.25) is 0 Å². The fourth-order valence-corrected chi connectivity index (χ4v) is 6.21. The third-order valence-corrected chi connectivity index (χ3v) is 8.47. The van der Waals surface area contributed by atoms with Crippen LogP contribution in [0.1, 0.15) is 45.5 Å². The van der Waals surface area contributed by atoms with Crippen molar-refractivity contribution in [3.05, 3.63) is 94.5 Å². The highest BCUT2D eigenvalue weighted by atomic mass is 16.3. The number of nitrogens with zero attached hydrogens (tertiary/aromatic N) is 4. The molecule has 2 aliphatic rings. The van der Waals surface area contributed by atoms with Crippen LogP contribution in [0.5, 0.6) is 0 Å². The van der Waals surface area contributed by atoms with Gasteiger partial charge in [-0.15, -0.1) is 0 Å². The molecule has 2 fully saturated rings. The molecule has 1 N–H and O–H groups in total. The van der Waals surface area contributed by atoms with Crippen molar-refractivity contribution >= 4 is 17.3 Å². The Labute approximate surface area is 232 Å². The second kappa shape index (κ2) is 11.9. The summed E-state index contributed by atoms with van der Waals surface area (Å²) in [6.07, 6.45) is 3.09. The van der Waals surface area contributed by atoms with Crippen LogP contribution in [0.4, 0.5) is 11.4 Å². The lowest BCUT2D eigenvalue weighted by atomic mass is 9.86. The molecule has 2 aliphatic heterocycles. The summed E-state index contributed by atoms with van der Waals surface area (Å²) >= 11 is 0. The molecule has 0 radical (unpaired) electrons. The molecule has 1 amide bonds. The van der Waals surface area contributed by atoms with Crippen molar-refractivity contribution in [3.8, 4) is 6.07 Å². The van der Waals surface area contributed by atoms with Gasteiger partial charge in [0.15, 0.2) is 0 Å². The lowest BCUT2D eigenvalue weighted by molar-refractivity contribution is 0.0698. The van der Waals surface area contributed by atoms with Crippen molar-refractivity contribution in [2.24, 2.45) is 5.92 Å². The van der Waals surface area contributed by atoms with Crippen LogP contribution in [0.15, 0.2) is 66.7 Å². The standard InChI is InChI=1S/C33H38N4O2/c1-24-18-25(2)31(33(39)36-16-17-37(30(22-36)23-38)29-9-4-3-5-10-29)20-28(24)19-26-12-14-35(15-13-26)32-11-7-6-8-27(32)21-34/h3-11,18,20,26,30,38H,12-17,19,22-23H2,1-2H3. The number of nitriles is 1. The minimum atomic E-state index is -0.119. The van der Waals surface area contributed by atoms with E-state index < -0.39 is 0 Å². The van der Waals surface area contributed by atoms with Crippen LogP contribution >= 0.6 is 0 Å². The summed E-state index contributed by atoms with van der Waals surface area (Å²) in [6, 6.07) is 24.5. The lowest BCUT2D eigenvalue weighted by Crippen LogP contribution is -2.56. The van der Waals surface area contributed by atoms with Crippen LogP contribution < -0.4 is 9.80 Å². The molecule has 0 spiro atoms. The van der Waals surface area contributed by atoms with Gasteiger partial charge < -0.3 is 19.8 Å². The van der Waals surface area contributed by atoms with Crippen LogP contribution in [0.25, 0.3) is 0 Å². The normalized spacial score (nSPS) is 18.2. The summed E-state index contributed by atoms with van der Waals surface area (Å²) in [4.78, 5) is 20.2. The third-order valence-electron chi connectivity index (χ3n) is 8.47. The minimum Gasteiger partial charge on any atom is -0.394 e. The van der Waals surface area contributed by atoms with Gasteiger partial charge in [0.05, 0.1) is 23.9 Å². The first-order valence-corrected chi connectivity index (χ1v) is 14.0. The number of anilines is 2. The Bertz CT molecular complexity index is 1340. The van der Waals surface area contributed by atoms with E-state index in [9.17, 15) is 15.2 Å². The zero-order valence-corrected chi connectivity index (χ0v) is 23.0. The van der Waals surface area contributed by atoms with Crippen molar-refractivity contribution in [2.45, 2.75) is 39.2 Å². The number of aliphatic hydroxyl groups excluding tert-OH is 1. The molecule has 5 rings (SSSR count). The molecule has 0 saturated carbocycles. The Morgan fingerprint density at radius 3 is 2.38 bits per heavy atom. The first kappa shape index (κ1) is 26.8. The van der Waals surface area contributed by atoms with Gasteiger partial charge in [-0.25, -0.2) is 0 Å². The summed E-state index contributed by atoms with van der Waals surface area (Å²) in [5, 5.41) is 19.6. The highest BCUT2D eigenvalue weighted by Crippen LogP contribution is 2.30. The fourth-order valence-electron chi connectivity index (χ4n) is 6.21. The number of carbonyl (C=O) groups is 1. The number of para-hydroxylation sites is 2. The number of hydrogen-bond donors (Lipinski definition) is 1. The van der Waals surface area contributed by atoms with Crippen LogP contribution in [-0.4, -0.2) is 61.3 Å². The van der Waals surface area contributed by atoms with Crippen molar-refractivity contribution in [2.75, 3.05) is 49.1 Å². The topological polar surface area (TPSA) is 70.8 Å². The molecular weight excluding hydrogens is 484 g/mol. The van der Waals surface area contributed by atoms with Crippen molar-refractivity contribution in [3.63, 3.8) is 0 Å². The van der Waals surface area contributed by atoms with Gasteiger partial charge in [0.1, 0.15) is 6.07 Å². The smallest absolute Gasteiger partial charge is 0.254 e. The average Bonchev–Trinajstić information content (AvgIpc) is 2.98. The summed E-state index contributed by atoms with van der Waals surface area (Å²) in [5.74, 6) is 0.607. The van der Waals surface area contributed by atoms with E-state index in [1.54, 1.807) is 0 Å². The second-order valence-electron chi connectivity index (χ2n) is 11.0. The van der Waals surface area contributed by atoms with E-state index >= 15 is 0 Å². The maximum Gasteiger partial charge on any atom is 0.254 e. The molecule has 6 heteroatoms. The Morgan fingerprint density at radius 1 is 0.949 bits per heavy atom. The minimum absolute atomic E-state index is 0.00828. The van der Waals surface area contributed by atoms with E-state index in [4.69, 9.17) is 0 Å². The number of rotatable bonds is 6. The summed E-state index contributed by atoms with van der Waals surface area (Å²) in [7, 11) is 0. The zero-order valence-electron chi connectivity index (χ0n) is 23.0. The molecule has 202 valence electrons. The molecule has 1 atom stereocenters. The zero-order chi connectivity index (χ0) is 27.4. The predicted octanol–water partition coefficient (Wildman–Crippen LogP) is 4.96. The van der Waals surface area contributed by atoms with Crippen molar-refractivity contribution in [1.29, 1.82) is 5.26 Å². The lowest BCUT2D eigenvalue weighted by Gasteiger charge is -2.42. The quantitative estimate of drug-likeness (QED) is 0.496. The van der Waals surface area contributed by atoms with Crippen LogP contribution in [0, 0.1) is 31.1 Å². The number of aryl methyl sites for hydroxylation is 2. The molecule has 6 nitrogen and oxygen atoms in total. The number of aliphatic hydroxyl groups is 1. The van der Waals surface area contributed by atoms with E-state index in [1.165, 1.54) is 11.1 Å². The number of carbonyl (C=O) groups excluding carboxylic acids is 1. The Hall–Kier alpha value is -3.82. The molecule has 39 heavy (non-hydrogen) atoms. The van der Waals surface area contributed by atoms with Gasteiger partial charge in [-0.3, -0.25) is 4.79 Å². The molecule has 3 aromatic carbocycles. The van der Waals surface area contributed by atoms with Crippen molar-refractivity contribution < 1.29 is 9.90 Å². The SMILES string of the molecule is Cc1cc(C)c(C(=O)N2CCN(c3ccccc3)C(CO)C2)cc1CC1CCN(c2ccccc2C#N)CC1. The first-order chi connectivity index (χ1) is 19.0. The number of benzene rings is 3. The van der Waals surface area contributed by atoms with Gasteiger partial charge in [0.25, 0.3) is 5.91 Å². The Balaban J connectivity index is 1.26. The van der Waals surface area contributed by atoms with E-state index in [-0.39, 0.29) is 18.6 Å². The van der Waals surface area contributed by atoms with Gasteiger partial charge in [-0.05, 0) is 86.1 Å². The Kier molecular flexibility index (Phi) is 8.18. The van der Waals surface area contributed by atoms with Gasteiger partial charge in [0, 0.05) is 44.0 Å². The monoisotopic (exact) mass is 522 g/mol. The summed E-state index contributed by atoms with van der Waals surface area (Å²) in [6.45, 7) is 7.91. The third kappa shape index (κ3) is 5.79. The number of piperidine rings is 1. The molecule has 3 aromatic rings. The number of amides is 1. The molecule has 2 heterocycles. The predicted molar refractivity (Wildman–Crippen MR) is 156 cm³/mol. The van der Waals surface area contributed by atoms with Gasteiger partial charge in [-0.2, -0.15) is 5.26 Å². The van der Waals surface area contributed by atoms with E-state index in [1.807, 2.05) is 54.3 Å². The van der Waals surface area contributed by atoms with E-state index in [0.717, 1.165) is 60.4 Å². The first-order valence-electron chi connectivity index (χ1n) is 14.0. The number of piperazine rings is 1. The molecule has 0 bridgehead atoms. The maximum absolute atomic E-state index is 13.7. The maximum atomic E-state index is 13.7. The van der Waals surface area contributed by atoms with Gasteiger partial charge >= 0.3 is 0 Å². The van der Waals surface area contributed by atoms with E-state index in [0.29, 0.717) is 25.6 Å². The molecule has 0 aliphatic carbocycles. The van der Waals surface area contributed by atoms with Crippen LogP contribution in [0.3, 0.4) is 0 Å². The highest BCUT2D eigenvalue weighted by Gasteiger charge is 2.31. The average molecular weight is 523 g/mol.